The van der Waals surface area contributed by atoms with Crippen LogP contribution in [0.1, 0.15) is 19.4 Å². The van der Waals surface area contributed by atoms with Gasteiger partial charge < -0.3 is 10.1 Å². The Kier molecular flexibility index (Phi) is 7.87. The second-order valence-electron chi connectivity index (χ2n) is 4.57. The summed E-state index contributed by atoms with van der Waals surface area (Å²) in [4.78, 5) is 0. The summed E-state index contributed by atoms with van der Waals surface area (Å²) < 4.78 is 42.9. The molecule has 0 fully saturated rings. The van der Waals surface area contributed by atoms with Crippen molar-refractivity contribution in [1.29, 1.82) is 0 Å². The molecule has 1 N–H and O–H groups in total. The fourth-order valence-electron chi connectivity index (χ4n) is 1.48. The minimum Gasteiger partial charge on any atom is -0.490 e. The van der Waals surface area contributed by atoms with Crippen LogP contribution in [-0.2, 0) is 6.54 Å². The van der Waals surface area contributed by atoms with Crippen molar-refractivity contribution in [2.75, 3.05) is 12.4 Å². The fraction of sp³-hybridized carbons (Fsp3) is 0.538. The van der Waals surface area contributed by atoms with Crippen molar-refractivity contribution in [2.24, 2.45) is 0 Å². The highest BCUT2D eigenvalue weighted by Gasteiger charge is 2.27. The molecule has 0 bridgehead atoms. The average Bonchev–Trinajstić information content (AvgIpc) is 2.33. The molecule has 1 aromatic carbocycles. The van der Waals surface area contributed by atoms with Crippen LogP contribution >= 0.6 is 43.6 Å². The Labute approximate surface area is 143 Å². The van der Waals surface area contributed by atoms with Gasteiger partial charge in [-0.15, -0.1) is 0 Å². The first-order chi connectivity index (χ1) is 9.69. The number of hydrogen-bond donors (Lipinski definition) is 1. The Morgan fingerprint density at radius 3 is 2.29 bits per heavy atom. The predicted octanol–water partition coefficient (Wildman–Crippen LogP) is 5.34. The van der Waals surface area contributed by atoms with Gasteiger partial charge in [0.15, 0.2) is 0 Å². The van der Waals surface area contributed by atoms with Gasteiger partial charge in [0, 0.05) is 18.3 Å². The SMILES string of the molecule is CC(C)NCc1cc(Br)c(OCCSC(F)(F)F)c(Br)c1. The normalized spacial score (nSPS) is 12.0. The summed E-state index contributed by atoms with van der Waals surface area (Å²) in [6.45, 7) is 4.81. The summed E-state index contributed by atoms with van der Waals surface area (Å²) in [5.74, 6) is 0.380. The molecule has 0 saturated carbocycles. The summed E-state index contributed by atoms with van der Waals surface area (Å²) >= 11 is 6.68. The van der Waals surface area contributed by atoms with Gasteiger partial charge >= 0.3 is 5.51 Å². The van der Waals surface area contributed by atoms with Crippen molar-refractivity contribution < 1.29 is 17.9 Å². The van der Waals surface area contributed by atoms with E-state index in [1.807, 2.05) is 12.1 Å². The number of hydrogen-bond acceptors (Lipinski definition) is 3. The molecule has 1 aromatic rings. The molecule has 2 nitrogen and oxygen atoms in total. The maximum Gasteiger partial charge on any atom is 0.441 e. The highest BCUT2D eigenvalue weighted by atomic mass is 79.9. The van der Waals surface area contributed by atoms with Crippen LogP contribution in [0.3, 0.4) is 0 Å². The van der Waals surface area contributed by atoms with E-state index in [0.29, 0.717) is 18.3 Å². The molecule has 0 unspecified atom stereocenters. The van der Waals surface area contributed by atoms with Crippen LogP contribution in [0.2, 0.25) is 0 Å². The van der Waals surface area contributed by atoms with Gasteiger partial charge in [-0.05, 0) is 61.3 Å². The number of benzene rings is 1. The molecule has 0 aliphatic rings. The van der Waals surface area contributed by atoms with Crippen LogP contribution in [0.15, 0.2) is 21.1 Å². The average molecular weight is 451 g/mol. The van der Waals surface area contributed by atoms with Crippen molar-refractivity contribution >= 4 is 43.6 Å². The van der Waals surface area contributed by atoms with Crippen molar-refractivity contribution in [1.82, 2.24) is 5.32 Å². The lowest BCUT2D eigenvalue weighted by Gasteiger charge is -2.14. The van der Waals surface area contributed by atoms with E-state index in [9.17, 15) is 13.2 Å². The van der Waals surface area contributed by atoms with Crippen molar-refractivity contribution in [3.63, 3.8) is 0 Å². The molecule has 0 radical (unpaired) electrons. The third-order valence-electron chi connectivity index (χ3n) is 2.37. The topological polar surface area (TPSA) is 21.3 Å². The zero-order valence-electron chi connectivity index (χ0n) is 11.6. The van der Waals surface area contributed by atoms with E-state index < -0.39 is 5.51 Å². The van der Waals surface area contributed by atoms with Gasteiger partial charge in [-0.2, -0.15) is 13.2 Å². The zero-order valence-corrected chi connectivity index (χ0v) is 15.5. The fourth-order valence-corrected chi connectivity index (χ4v) is 3.38. The predicted molar refractivity (Wildman–Crippen MR) is 87.8 cm³/mol. The molecule has 0 saturated heterocycles. The number of thioether (sulfide) groups is 1. The summed E-state index contributed by atoms with van der Waals surface area (Å²) in [6, 6.07) is 4.16. The molecule has 0 aromatic heterocycles. The van der Waals surface area contributed by atoms with Crippen molar-refractivity contribution in [3.05, 3.63) is 26.6 Å². The first kappa shape index (κ1) is 19.1. The number of ether oxygens (including phenoxy) is 1. The molecular formula is C13H16Br2F3NOS. The maximum absolute atomic E-state index is 12.0. The third kappa shape index (κ3) is 7.76. The quantitative estimate of drug-likeness (QED) is 0.566. The number of nitrogens with one attached hydrogen (secondary N) is 1. The van der Waals surface area contributed by atoms with Gasteiger partial charge in [0.2, 0.25) is 0 Å². The second-order valence-corrected chi connectivity index (χ2v) is 7.44. The number of rotatable bonds is 7. The lowest BCUT2D eigenvalue weighted by Crippen LogP contribution is -2.21. The molecular weight excluding hydrogens is 435 g/mol. The monoisotopic (exact) mass is 449 g/mol. The molecule has 0 aliphatic carbocycles. The Morgan fingerprint density at radius 1 is 1.24 bits per heavy atom. The summed E-state index contributed by atoms with van der Waals surface area (Å²) in [6.07, 6.45) is 0. The van der Waals surface area contributed by atoms with E-state index >= 15 is 0 Å². The first-order valence-corrected chi connectivity index (χ1v) is 8.81. The minimum absolute atomic E-state index is 0.00896. The lowest BCUT2D eigenvalue weighted by atomic mass is 10.2. The summed E-state index contributed by atoms with van der Waals surface area (Å²) in [5, 5.41) is 3.29. The molecule has 0 atom stereocenters. The first-order valence-electron chi connectivity index (χ1n) is 6.24. The molecule has 1 rings (SSSR count). The van der Waals surface area contributed by atoms with E-state index in [0.717, 1.165) is 14.5 Å². The van der Waals surface area contributed by atoms with E-state index in [1.165, 1.54) is 0 Å². The van der Waals surface area contributed by atoms with Gasteiger partial charge in [0.25, 0.3) is 0 Å². The maximum atomic E-state index is 12.0. The van der Waals surface area contributed by atoms with Gasteiger partial charge in [-0.25, -0.2) is 0 Å². The smallest absolute Gasteiger partial charge is 0.441 e. The molecule has 0 spiro atoms. The van der Waals surface area contributed by atoms with Crippen LogP contribution in [-0.4, -0.2) is 23.9 Å². The van der Waals surface area contributed by atoms with Crippen LogP contribution in [0, 0.1) is 0 Å². The highest BCUT2D eigenvalue weighted by molar-refractivity contribution is 9.11. The number of halogens is 5. The molecule has 0 heterocycles. The van der Waals surface area contributed by atoms with Gasteiger partial charge in [0.05, 0.1) is 15.6 Å². The number of alkyl halides is 3. The minimum atomic E-state index is -4.22. The van der Waals surface area contributed by atoms with Gasteiger partial charge in [-0.3, -0.25) is 0 Å². The van der Waals surface area contributed by atoms with Crippen LogP contribution in [0.5, 0.6) is 5.75 Å². The highest BCUT2D eigenvalue weighted by Crippen LogP contribution is 2.35. The molecule has 21 heavy (non-hydrogen) atoms. The molecule has 8 heteroatoms. The molecule has 120 valence electrons. The summed E-state index contributed by atoms with van der Waals surface area (Å²) in [7, 11) is 0. The van der Waals surface area contributed by atoms with Gasteiger partial charge in [-0.1, -0.05) is 13.8 Å². The lowest BCUT2D eigenvalue weighted by molar-refractivity contribution is -0.0329. The van der Waals surface area contributed by atoms with Crippen LogP contribution in [0.4, 0.5) is 13.2 Å². The van der Waals surface area contributed by atoms with Crippen LogP contribution < -0.4 is 10.1 Å². The Bertz CT molecular complexity index is 446. The standard InChI is InChI=1S/C13H16Br2F3NOS/c1-8(2)19-7-9-5-10(14)12(11(15)6-9)20-3-4-21-13(16,17)18/h5-6,8,19H,3-4,7H2,1-2H3. The van der Waals surface area contributed by atoms with Crippen LogP contribution in [0.25, 0.3) is 0 Å². The van der Waals surface area contributed by atoms with Crippen molar-refractivity contribution in [2.45, 2.75) is 31.9 Å². The molecule has 0 amide bonds. The Balaban J connectivity index is 2.59. The largest absolute Gasteiger partial charge is 0.490 e. The Morgan fingerprint density at radius 2 is 1.81 bits per heavy atom. The second kappa shape index (κ2) is 8.64. The Hall–Kier alpha value is 0.0800. The third-order valence-corrected chi connectivity index (χ3v) is 4.24. The van der Waals surface area contributed by atoms with E-state index in [4.69, 9.17) is 4.74 Å². The van der Waals surface area contributed by atoms with E-state index in [-0.39, 0.29) is 24.1 Å². The summed E-state index contributed by atoms with van der Waals surface area (Å²) in [5.41, 5.74) is -3.16. The van der Waals surface area contributed by atoms with Gasteiger partial charge in [0.1, 0.15) is 5.75 Å². The van der Waals surface area contributed by atoms with E-state index in [1.54, 1.807) is 0 Å². The zero-order chi connectivity index (χ0) is 16.0. The van der Waals surface area contributed by atoms with E-state index in [2.05, 4.69) is 51.0 Å². The van der Waals surface area contributed by atoms with Crippen molar-refractivity contribution in [3.8, 4) is 5.75 Å². The molecule has 0 aliphatic heterocycles.